The van der Waals surface area contributed by atoms with Crippen molar-refractivity contribution in [3.63, 3.8) is 0 Å². The Balaban J connectivity index is 1.57. The Morgan fingerprint density at radius 1 is 0.833 bits per heavy atom. The summed E-state index contributed by atoms with van der Waals surface area (Å²) < 4.78 is 12.1. The van der Waals surface area contributed by atoms with Gasteiger partial charge in [-0.3, -0.25) is 9.59 Å². The predicted octanol–water partition coefficient (Wildman–Crippen LogP) is 6.06. The number of carbonyl (C=O) groups is 2. The van der Waals surface area contributed by atoms with Gasteiger partial charge in [0.1, 0.15) is 11.2 Å². The zero-order chi connectivity index (χ0) is 21.9. The summed E-state index contributed by atoms with van der Waals surface area (Å²) in [4.78, 5) is 24.3. The molecule has 30 heavy (non-hydrogen) atoms. The van der Waals surface area contributed by atoms with Gasteiger partial charge in [0, 0.05) is 18.3 Å². The molecule has 170 valence electrons. The second kappa shape index (κ2) is 7.24. The Labute approximate surface area is 182 Å². The van der Waals surface area contributed by atoms with Crippen LogP contribution in [-0.4, -0.2) is 23.1 Å². The molecule has 0 saturated heterocycles. The van der Waals surface area contributed by atoms with Crippen LogP contribution >= 0.6 is 0 Å². The summed E-state index contributed by atoms with van der Waals surface area (Å²) in [5, 5.41) is 0. The summed E-state index contributed by atoms with van der Waals surface area (Å²) in [6, 6.07) is 0. The Morgan fingerprint density at radius 2 is 1.47 bits per heavy atom. The zero-order valence-electron chi connectivity index (χ0n) is 20.0. The van der Waals surface area contributed by atoms with E-state index in [0.717, 1.165) is 25.7 Å². The van der Waals surface area contributed by atoms with Gasteiger partial charge in [-0.2, -0.15) is 0 Å². The monoisotopic (exact) mass is 418 g/mol. The Kier molecular flexibility index (Phi) is 5.34. The molecule has 4 fully saturated rings. The first-order chi connectivity index (χ1) is 14.0. The van der Waals surface area contributed by atoms with Crippen LogP contribution in [0.4, 0.5) is 0 Å². The fourth-order valence-electron chi connectivity index (χ4n) is 8.69. The minimum atomic E-state index is -0.325. The van der Waals surface area contributed by atoms with Crippen LogP contribution in [0.1, 0.15) is 106 Å². The first kappa shape index (κ1) is 22.1. The minimum absolute atomic E-state index is 0.0542. The number of fused-ring (bicyclic) bond motifs is 5. The van der Waals surface area contributed by atoms with Gasteiger partial charge in [0.05, 0.1) is 0 Å². The summed E-state index contributed by atoms with van der Waals surface area (Å²) >= 11 is 0. The summed E-state index contributed by atoms with van der Waals surface area (Å²) in [7, 11) is 0. The Morgan fingerprint density at radius 3 is 2.13 bits per heavy atom. The fraction of sp³-hybridized carbons (Fsp3) is 0.923. The number of hydrogen-bond donors (Lipinski definition) is 0. The van der Waals surface area contributed by atoms with E-state index in [1.54, 1.807) is 0 Å². The molecule has 0 N–H and O–H groups in total. The summed E-state index contributed by atoms with van der Waals surface area (Å²) in [5.74, 6) is 2.58. The summed E-state index contributed by atoms with van der Waals surface area (Å²) in [6.45, 7) is 13.0. The third-order valence-corrected chi connectivity index (χ3v) is 10.3. The molecule has 4 unspecified atom stereocenters. The molecule has 0 aromatic heterocycles. The normalized spacial score (nSPS) is 49.7. The summed E-state index contributed by atoms with van der Waals surface area (Å²) in [6.07, 6.45) is 9.98. The predicted molar refractivity (Wildman–Crippen MR) is 117 cm³/mol. The first-order valence-corrected chi connectivity index (χ1v) is 12.4. The van der Waals surface area contributed by atoms with E-state index in [9.17, 15) is 9.59 Å². The van der Waals surface area contributed by atoms with Crippen molar-refractivity contribution in [1.29, 1.82) is 0 Å². The van der Waals surface area contributed by atoms with E-state index in [1.807, 2.05) is 13.8 Å². The Bertz CT molecular complexity index is 718. The highest BCUT2D eigenvalue weighted by Crippen LogP contribution is 2.70. The highest BCUT2D eigenvalue weighted by molar-refractivity contribution is 5.70. The number of ether oxygens (including phenoxy) is 2. The molecule has 4 rings (SSSR count). The fourth-order valence-corrected chi connectivity index (χ4v) is 8.69. The van der Waals surface area contributed by atoms with Crippen LogP contribution in [0.25, 0.3) is 0 Å². The molecule has 0 heterocycles. The highest BCUT2D eigenvalue weighted by atomic mass is 16.6. The topological polar surface area (TPSA) is 52.6 Å². The minimum Gasteiger partial charge on any atom is -0.459 e. The van der Waals surface area contributed by atoms with Gasteiger partial charge < -0.3 is 9.47 Å². The average molecular weight is 419 g/mol. The van der Waals surface area contributed by atoms with Crippen LogP contribution in [0, 0.1) is 34.5 Å². The van der Waals surface area contributed by atoms with Crippen molar-refractivity contribution in [2.45, 2.75) is 117 Å². The molecule has 4 nitrogen and oxygen atoms in total. The molecule has 0 spiro atoms. The number of esters is 2. The van der Waals surface area contributed by atoms with Crippen molar-refractivity contribution in [1.82, 2.24) is 0 Å². The number of hydrogen-bond acceptors (Lipinski definition) is 4. The lowest BCUT2D eigenvalue weighted by Gasteiger charge is -2.58. The second-order valence-electron chi connectivity index (χ2n) is 11.9. The van der Waals surface area contributed by atoms with Crippen LogP contribution < -0.4 is 0 Å². The number of carbonyl (C=O) groups excluding carboxylic acids is 2. The molecule has 8 atom stereocenters. The van der Waals surface area contributed by atoms with Gasteiger partial charge in [-0.05, 0) is 94.3 Å². The van der Waals surface area contributed by atoms with Crippen molar-refractivity contribution in [3.05, 3.63) is 0 Å². The van der Waals surface area contributed by atoms with E-state index < -0.39 is 0 Å². The molecule has 4 aliphatic rings. The van der Waals surface area contributed by atoms with Gasteiger partial charge in [-0.1, -0.05) is 27.7 Å². The lowest BCUT2D eigenvalue weighted by molar-refractivity contribution is -0.183. The van der Waals surface area contributed by atoms with Crippen LogP contribution in [-0.2, 0) is 19.1 Å². The SMILES string of the molecule is CCC(=O)O[C@]1(C)CC2CCC3C(CC[C@@]4(C)C3CC[C@]4(C)OC(=O)CC)[C@@]2(C)C1. The number of rotatable bonds is 4. The van der Waals surface area contributed by atoms with Gasteiger partial charge in [0.2, 0.25) is 0 Å². The van der Waals surface area contributed by atoms with E-state index in [0.29, 0.717) is 36.5 Å². The first-order valence-electron chi connectivity index (χ1n) is 12.4. The van der Waals surface area contributed by atoms with E-state index in [4.69, 9.17) is 9.47 Å². The van der Waals surface area contributed by atoms with Crippen molar-refractivity contribution in [2.75, 3.05) is 0 Å². The molecule has 0 radical (unpaired) electrons. The average Bonchev–Trinajstić information content (AvgIpc) is 3.10. The van der Waals surface area contributed by atoms with E-state index in [-0.39, 0.29) is 34.0 Å². The van der Waals surface area contributed by atoms with Gasteiger partial charge in [-0.15, -0.1) is 0 Å². The highest BCUT2D eigenvalue weighted by Gasteiger charge is 2.66. The summed E-state index contributed by atoms with van der Waals surface area (Å²) in [5.41, 5.74) is -0.289. The molecule has 0 aromatic carbocycles. The van der Waals surface area contributed by atoms with E-state index in [1.165, 1.54) is 25.7 Å². The molecule has 4 saturated carbocycles. The molecule has 0 amide bonds. The molecule has 0 aliphatic heterocycles. The Hall–Kier alpha value is -1.06. The smallest absolute Gasteiger partial charge is 0.306 e. The van der Waals surface area contributed by atoms with Crippen LogP contribution in [0.3, 0.4) is 0 Å². The van der Waals surface area contributed by atoms with Crippen molar-refractivity contribution in [2.24, 2.45) is 34.5 Å². The molecule has 4 heteroatoms. The lowest BCUT2D eigenvalue weighted by Crippen LogP contribution is -2.55. The van der Waals surface area contributed by atoms with Crippen molar-refractivity contribution in [3.8, 4) is 0 Å². The molecular weight excluding hydrogens is 376 g/mol. The maximum Gasteiger partial charge on any atom is 0.306 e. The molecule has 4 aliphatic carbocycles. The van der Waals surface area contributed by atoms with Crippen molar-refractivity contribution >= 4 is 11.9 Å². The quantitative estimate of drug-likeness (QED) is 0.521. The van der Waals surface area contributed by atoms with Gasteiger partial charge in [0.15, 0.2) is 0 Å². The standard InChI is InChI=1S/C26H42O4/c1-7-21(27)29-23(3)15-17-9-10-18-19(24(17,4)16-23)11-13-25(5)20(18)12-14-26(25,6)30-22(28)8-2/h17-20H,7-16H2,1-6H3/t17?,18?,19?,20?,23-,24+,25+,26+/m1/s1. The van der Waals surface area contributed by atoms with Gasteiger partial charge in [0.25, 0.3) is 0 Å². The third kappa shape index (κ3) is 3.14. The van der Waals surface area contributed by atoms with Crippen LogP contribution in [0.15, 0.2) is 0 Å². The lowest BCUT2D eigenvalue weighted by atomic mass is 9.47. The van der Waals surface area contributed by atoms with Crippen LogP contribution in [0.2, 0.25) is 0 Å². The maximum absolute atomic E-state index is 12.2. The maximum atomic E-state index is 12.2. The zero-order valence-corrected chi connectivity index (χ0v) is 20.0. The second-order valence-corrected chi connectivity index (χ2v) is 11.9. The van der Waals surface area contributed by atoms with Crippen LogP contribution in [0.5, 0.6) is 0 Å². The van der Waals surface area contributed by atoms with Gasteiger partial charge in [-0.25, -0.2) is 0 Å². The van der Waals surface area contributed by atoms with Gasteiger partial charge >= 0.3 is 11.9 Å². The molecular formula is C26H42O4. The molecule has 0 bridgehead atoms. The third-order valence-electron chi connectivity index (χ3n) is 10.3. The molecule has 0 aromatic rings. The van der Waals surface area contributed by atoms with E-state index >= 15 is 0 Å². The van der Waals surface area contributed by atoms with E-state index in [2.05, 4.69) is 27.7 Å². The largest absolute Gasteiger partial charge is 0.459 e. The van der Waals surface area contributed by atoms with Crippen molar-refractivity contribution < 1.29 is 19.1 Å².